The van der Waals surface area contributed by atoms with Crippen molar-refractivity contribution in [2.75, 3.05) is 0 Å². The maximum absolute atomic E-state index is 12.0. The number of hydrogen-bond acceptors (Lipinski definition) is 4. The van der Waals surface area contributed by atoms with Gasteiger partial charge in [-0.3, -0.25) is 9.48 Å². The van der Waals surface area contributed by atoms with Crippen LogP contribution in [-0.2, 0) is 18.3 Å². The van der Waals surface area contributed by atoms with Gasteiger partial charge >= 0.3 is 0 Å². The van der Waals surface area contributed by atoms with E-state index in [0.29, 0.717) is 12.2 Å². The van der Waals surface area contributed by atoms with Crippen molar-refractivity contribution < 1.29 is 4.79 Å². The second kappa shape index (κ2) is 3.73. The molecule has 5 nitrogen and oxygen atoms in total. The Balaban J connectivity index is 2.07. The van der Waals surface area contributed by atoms with Gasteiger partial charge in [0.25, 0.3) is 0 Å². The highest BCUT2D eigenvalue weighted by Crippen LogP contribution is 2.28. The Hall–Kier alpha value is -1.23. The number of ketones is 1. The van der Waals surface area contributed by atoms with Gasteiger partial charge < -0.3 is 5.73 Å². The molecule has 0 spiro atoms. The number of carbonyl (C=O) groups is 1. The van der Waals surface area contributed by atoms with Crippen molar-refractivity contribution in [3.05, 3.63) is 12.2 Å². The average molecular weight is 208 g/mol. The van der Waals surface area contributed by atoms with Crippen LogP contribution < -0.4 is 5.73 Å². The van der Waals surface area contributed by atoms with Crippen molar-refractivity contribution in [1.82, 2.24) is 14.8 Å². The third-order valence-electron chi connectivity index (χ3n) is 3.17. The molecule has 0 saturated heterocycles. The van der Waals surface area contributed by atoms with Gasteiger partial charge in [0.1, 0.15) is 12.2 Å². The number of hydrogen-bond donors (Lipinski definition) is 1. The lowest BCUT2D eigenvalue weighted by Crippen LogP contribution is -2.46. The molecule has 0 radical (unpaired) electrons. The number of nitrogens with two attached hydrogens (primary N) is 1. The fourth-order valence-corrected chi connectivity index (χ4v) is 2.08. The molecule has 0 aliphatic heterocycles. The Morgan fingerprint density at radius 3 is 2.80 bits per heavy atom. The minimum absolute atomic E-state index is 0.0936. The third-order valence-corrected chi connectivity index (χ3v) is 3.17. The summed E-state index contributed by atoms with van der Waals surface area (Å²) in [5, 5.41) is 3.93. The lowest BCUT2D eigenvalue weighted by atomic mass is 9.91. The van der Waals surface area contributed by atoms with Crippen molar-refractivity contribution >= 4 is 5.78 Å². The van der Waals surface area contributed by atoms with Gasteiger partial charge in [0.2, 0.25) is 0 Å². The van der Waals surface area contributed by atoms with E-state index in [1.165, 1.54) is 6.33 Å². The van der Waals surface area contributed by atoms with Crippen LogP contribution in [0, 0.1) is 0 Å². The summed E-state index contributed by atoms with van der Waals surface area (Å²) in [7, 11) is 1.79. The molecule has 0 aromatic carbocycles. The summed E-state index contributed by atoms with van der Waals surface area (Å²) in [6.45, 7) is 0. The van der Waals surface area contributed by atoms with Crippen molar-refractivity contribution in [1.29, 1.82) is 0 Å². The second-order valence-electron chi connectivity index (χ2n) is 4.26. The molecule has 5 heteroatoms. The van der Waals surface area contributed by atoms with Gasteiger partial charge in [-0.25, -0.2) is 4.98 Å². The van der Waals surface area contributed by atoms with Crippen LogP contribution in [0.15, 0.2) is 6.33 Å². The first-order chi connectivity index (χ1) is 7.12. The summed E-state index contributed by atoms with van der Waals surface area (Å²) < 4.78 is 1.62. The molecule has 1 heterocycles. The van der Waals surface area contributed by atoms with E-state index in [1.807, 2.05) is 0 Å². The molecule has 1 aliphatic rings. The Kier molecular flexibility index (Phi) is 2.56. The Labute approximate surface area is 88.7 Å². The van der Waals surface area contributed by atoms with Gasteiger partial charge in [-0.1, -0.05) is 12.8 Å². The number of carbonyl (C=O) groups excluding carboxylic acids is 1. The van der Waals surface area contributed by atoms with E-state index in [4.69, 9.17) is 5.73 Å². The topological polar surface area (TPSA) is 73.8 Å². The fraction of sp³-hybridized carbons (Fsp3) is 0.700. The van der Waals surface area contributed by atoms with Gasteiger partial charge in [-0.05, 0) is 12.8 Å². The monoisotopic (exact) mass is 208 g/mol. The highest BCUT2D eigenvalue weighted by Gasteiger charge is 2.36. The Morgan fingerprint density at radius 2 is 2.27 bits per heavy atom. The summed E-state index contributed by atoms with van der Waals surface area (Å²) >= 11 is 0. The van der Waals surface area contributed by atoms with E-state index in [2.05, 4.69) is 10.1 Å². The molecule has 1 fully saturated rings. The zero-order valence-electron chi connectivity index (χ0n) is 8.94. The molecular formula is C10H16N4O. The minimum Gasteiger partial charge on any atom is -0.319 e. The standard InChI is InChI=1S/C10H16N4O/c1-14-9(12-7-13-14)6-8(15)10(11)4-2-3-5-10/h7H,2-6,11H2,1H3. The third kappa shape index (κ3) is 1.92. The Morgan fingerprint density at radius 1 is 1.60 bits per heavy atom. The summed E-state index contributed by atoms with van der Waals surface area (Å²) in [5.74, 6) is 0.785. The van der Waals surface area contributed by atoms with Crippen LogP contribution in [0.5, 0.6) is 0 Å². The van der Waals surface area contributed by atoms with Crippen molar-refractivity contribution in [3.63, 3.8) is 0 Å². The molecule has 82 valence electrons. The molecule has 1 aliphatic carbocycles. The molecule has 0 unspecified atom stereocenters. The summed E-state index contributed by atoms with van der Waals surface area (Å²) in [4.78, 5) is 16.0. The van der Waals surface area contributed by atoms with Gasteiger partial charge in [-0.15, -0.1) is 0 Å². The van der Waals surface area contributed by atoms with Gasteiger partial charge in [0.05, 0.1) is 12.0 Å². The van der Waals surface area contributed by atoms with E-state index in [-0.39, 0.29) is 5.78 Å². The number of aryl methyl sites for hydroxylation is 1. The first-order valence-corrected chi connectivity index (χ1v) is 5.27. The highest BCUT2D eigenvalue weighted by atomic mass is 16.1. The summed E-state index contributed by atoms with van der Waals surface area (Å²) in [6.07, 6.45) is 5.49. The largest absolute Gasteiger partial charge is 0.319 e. The number of nitrogens with zero attached hydrogens (tertiary/aromatic N) is 3. The van der Waals surface area contributed by atoms with Crippen LogP contribution in [0.2, 0.25) is 0 Å². The predicted molar refractivity (Wildman–Crippen MR) is 55.1 cm³/mol. The van der Waals surface area contributed by atoms with E-state index in [1.54, 1.807) is 11.7 Å². The van der Waals surface area contributed by atoms with Crippen LogP contribution >= 0.6 is 0 Å². The van der Waals surface area contributed by atoms with Crippen molar-refractivity contribution in [3.8, 4) is 0 Å². The van der Waals surface area contributed by atoms with Gasteiger partial charge in [-0.2, -0.15) is 5.10 Å². The number of rotatable bonds is 3. The van der Waals surface area contributed by atoms with Gasteiger partial charge in [0, 0.05) is 7.05 Å². The lowest BCUT2D eigenvalue weighted by molar-refractivity contribution is -0.123. The van der Waals surface area contributed by atoms with Crippen LogP contribution in [0.3, 0.4) is 0 Å². The first-order valence-electron chi connectivity index (χ1n) is 5.27. The summed E-state index contributed by atoms with van der Waals surface area (Å²) in [5.41, 5.74) is 5.46. The van der Waals surface area contributed by atoms with E-state index in [9.17, 15) is 4.79 Å². The fourth-order valence-electron chi connectivity index (χ4n) is 2.08. The molecule has 0 atom stereocenters. The summed E-state index contributed by atoms with van der Waals surface area (Å²) in [6, 6.07) is 0. The van der Waals surface area contributed by atoms with Crippen LogP contribution in [0.25, 0.3) is 0 Å². The molecule has 1 saturated carbocycles. The molecule has 2 rings (SSSR count). The van der Waals surface area contributed by atoms with Crippen LogP contribution in [-0.4, -0.2) is 26.1 Å². The molecule has 1 aromatic rings. The SMILES string of the molecule is Cn1ncnc1CC(=O)C1(N)CCCC1. The highest BCUT2D eigenvalue weighted by molar-refractivity contribution is 5.89. The minimum atomic E-state index is -0.605. The van der Waals surface area contributed by atoms with Gasteiger partial charge in [0.15, 0.2) is 5.78 Å². The molecule has 15 heavy (non-hydrogen) atoms. The van der Waals surface area contributed by atoms with Crippen molar-refractivity contribution in [2.45, 2.75) is 37.6 Å². The number of aromatic nitrogens is 3. The quantitative estimate of drug-likeness (QED) is 0.770. The second-order valence-corrected chi connectivity index (χ2v) is 4.26. The first kappa shape index (κ1) is 10.3. The lowest BCUT2D eigenvalue weighted by Gasteiger charge is -2.21. The maximum atomic E-state index is 12.0. The van der Waals surface area contributed by atoms with E-state index in [0.717, 1.165) is 25.7 Å². The Bertz CT molecular complexity index is 365. The van der Waals surface area contributed by atoms with E-state index >= 15 is 0 Å². The molecule has 1 aromatic heterocycles. The maximum Gasteiger partial charge on any atom is 0.160 e. The van der Waals surface area contributed by atoms with Crippen LogP contribution in [0.4, 0.5) is 0 Å². The molecule has 0 amide bonds. The number of Topliss-reactive ketones (excluding diaryl/α,β-unsaturated/α-hetero) is 1. The zero-order chi connectivity index (χ0) is 10.9. The smallest absolute Gasteiger partial charge is 0.160 e. The average Bonchev–Trinajstić information content (AvgIpc) is 2.78. The molecule has 0 bridgehead atoms. The normalized spacial score (nSPS) is 19.3. The van der Waals surface area contributed by atoms with E-state index < -0.39 is 5.54 Å². The molecule has 2 N–H and O–H groups in total. The van der Waals surface area contributed by atoms with Crippen LogP contribution in [0.1, 0.15) is 31.5 Å². The molecular weight excluding hydrogens is 192 g/mol. The zero-order valence-corrected chi connectivity index (χ0v) is 8.94. The van der Waals surface area contributed by atoms with Crippen molar-refractivity contribution in [2.24, 2.45) is 12.8 Å². The predicted octanol–water partition coefficient (Wildman–Crippen LogP) is 0.198.